The van der Waals surface area contributed by atoms with E-state index in [1.165, 1.54) is 0 Å². The van der Waals surface area contributed by atoms with Crippen LogP contribution in [0, 0.1) is 5.92 Å². The molecule has 2 unspecified atom stereocenters. The van der Waals surface area contributed by atoms with Crippen molar-refractivity contribution in [1.82, 2.24) is 14.8 Å². The molecule has 3 rings (SSSR count). The van der Waals surface area contributed by atoms with Gasteiger partial charge in [0.25, 0.3) is 0 Å². The number of carbonyl (C=O) groups excluding carboxylic acids is 2. The molecule has 3 heterocycles. The van der Waals surface area contributed by atoms with Gasteiger partial charge in [-0.15, -0.1) is 11.3 Å². The second-order valence-corrected chi connectivity index (χ2v) is 7.02. The van der Waals surface area contributed by atoms with Crippen molar-refractivity contribution in [2.24, 2.45) is 5.92 Å². The van der Waals surface area contributed by atoms with E-state index in [0.29, 0.717) is 13.0 Å². The van der Waals surface area contributed by atoms with Gasteiger partial charge < -0.3 is 9.80 Å². The van der Waals surface area contributed by atoms with Crippen LogP contribution >= 0.6 is 11.3 Å². The molecule has 2 aliphatic heterocycles. The van der Waals surface area contributed by atoms with Crippen molar-refractivity contribution < 1.29 is 9.59 Å². The highest BCUT2D eigenvalue weighted by Gasteiger charge is 2.37. The molecule has 0 N–H and O–H groups in total. The van der Waals surface area contributed by atoms with Crippen molar-refractivity contribution in [2.75, 3.05) is 19.6 Å². The number of amides is 2. The van der Waals surface area contributed by atoms with Gasteiger partial charge in [-0.1, -0.05) is 6.92 Å². The molecule has 2 fully saturated rings. The summed E-state index contributed by atoms with van der Waals surface area (Å²) < 4.78 is 0. The Morgan fingerprint density at radius 2 is 2.18 bits per heavy atom. The molecule has 0 saturated carbocycles. The molecule has 1 aromatic rings. The summed E-state index contributed by atoms with van der Waals surface area (Å²) in [5.41, 5.74) is 0. The maximum absolute atomic E-state index is 12.9. The summed E-state index contributed by atoms with van der Waals surface area (Å²) in [4.78, 5) is 33.0. The van der Waals surface area contributed by atoms with E-state index in [1.807, 2.05) is 28.3 Å². The molecule has 2 amide bonds. The third-order valence-electron chi connectivity index (χ3n) is 4.72. The van der Waals surface area contributed by atoms with Crippen LogP contribution in [0.3, 0.4) is 0 Å². The molecular formula is C16H23N3O2S. The fraction of sp³-hybridized carbons (Fsp3) is 0.688. The number of rotatable bonds is 3. The summed E-state index contributed by atoms with van der Waals surface area (Å²) in [7, 11) is 0. The zero-order valence-electron chi connectivity index (χ0n) is 13.0. The second-order valence-electron chi connectivity index (χ2n) is 6.09. The lowest BCUT2D eigenvalue weighted by Gasteiger charge is -2.36. The molecule has 2 aliphatic rings. The Labute approximate surface area is 135 Å². The Bertz CT molecular complexity index is 532. The summed E-state index contributed by atoms with van der Waals surface area (Å²) in [6, 6.07) is 0.136. The van der Waals surface area contributed by atoms with E-state index in [9.17, 15) is 9.59 Å². The quantitative estimate of drug-likeness (QED) is 0.859. The van der Waals surface area contributed by atoms with Gasteiger partial charge in [0.2, 0.25) is 11.8 Å². The first-order chi connectivity index (χ1) is 10.7. The van der Waals surface area contributed by atoms with Crippen LogP contribution < -0.4 is 0 Å². The van der Waals surface area contributed by atoms with Crippen LogP contribution in [0.2, 0.25) is 0 Å². The zero-order chi connectivity index (χ0) is 15.5. The van der Waals surface area contributed by atoms with Crippen LogP contribution in [0.15, 0.2) is 11.6 Å². The first-order valence-electron chi connectivity index (χ1n) is 8.18. The van der Waals surface area contributed by atoms with Crippen LogP contribution in [-0.4, -0.2) is 46.2 Å². The number of piperidine rings is 1. The number of aromatic nitrogens is 1. The summed E-state index contributed by atoms with van der Waals surface area (Å²) >= 11 is 1.63. The Morgan fingerprint density at radius 1 is 1.32 bits per heavy atom. The fourth-order valence-electron chi connectivity index (χ4n) is 3.50. The van der Waals surface area contributed by atoms with Crippen molar-refractivity contribution in [3.05, 3.63) is 16.6 Å². The predicted octanol–water partition coefficient (Wildman–Crippen LogP) is 2.46. The van der Waals surface area contributed by atoms with Gasteiger partial charge in [-0.3, -0.25) is 9.59 Å². The van der Waals surface area contributed by atoms with E-state index < -0.39 is 0 Å². The molecule has 6 heteroatoms. The number of thiazole rings is 1. The van der Waals surface area contributed by atoms with Crippen LogP contribution in [0.25, 0.3) is 0 Å². The minimum Gasteiger partial charge on any atom is -0.342 e. The van der Waals surface area contributed by atoms with Gasteiger partial charge in [-0.25, -0.2) is 4.98 Å². The van der Waals surface area contributed by atoms with E-state index in [1.54, 1.807) is 11.3 Å². The molecule has 0 aliphatic carbocycles. The largest absolute Gasteiger partial charge is 0.342 e. The first-order valence-corrected chi connectivity index (χ1v) is 9.06. The normalized spacial score (nSPS) is 25.5. The molecule has 1 aromatic heterocycles. The first kappa shape index (κ1) is 15.5. The fourth-order valence-corrected chi connectivity index (χ4v) is 4.28. The van der Waals surface area contributed by atoms with Crippen LogP contribution in [-0.2, 0) is 9.59 Å². The smallest absolute Gasteiger partial charge is 0.228 e. The van der Waals surface area contributed by atoms with Crippen molar-refractivity contribution >= 4 is 23.2 Å². The Balaban J connectivity index is 1.69. The third-order valence-corrected chi connectivity index (χ3v) is 5.59. The molecule has 0 aromatic carbocycles. The van der Waals surface area contributed by atoms with Crippen LogP contribution in [0.1, 0.15) is 50.1 Å². The lowest BCUT2D eigenvalue weighted by molar-refractivity contribution is -0.139. The highest BCUT2D eigenvalue weighted by atomic mass is 32.1. The molecular weight excluding hydrogens is 298 g/mol. The summed E-state index contributed by atoms with van der Waals surface area (Å²) in [5.74, 6) is 0.341. The Hall–Kier alpha value is -1.43. The van der Waals surface area contributed by atoms with Gasteiger partial charge in [0.05, 0.1) is 12.0 Å². The van der Waals surface area contributed by atoms with E-state index in [4.69, 9.17) is 0 Å². The van der Waals surface area contributed by atoms with E-state index >= 15 is 0 Å². The summed E-state index contributed by atoms with van der Waals surface area (Å²) in [5, 5.41) is 3.02. The number of carbonyl (C=O) groups is 2. The number of hydrogen-bond donors (Lipinski definition) is 0. The molecule has 0 radical (unpaired) electrons. The molecule has 120 valence electrons. The van der Waals surface area contributed by atoms with Gasteiger partial charge in [-0.05, 0) is 25.7 Å². The maximum Gasteiger partial charge on any atom is 0.228 e. The summed E-state index contributed by atoms with van der Waals surface area (Å²) in [6.07, 6.45) is 6.35. The van der Waals surface area contributed by atoms with E-state index in [-0.39, 0.29) is 23.8 Å². The predicted molar refractivity (Wildman–Crippen MR) is 85.4 cm³/mol. The third kappa shape index (κ3) is 3.02. The van der Waals surface area contributed by atoms with E-state index in [0.717, 1.165) is 43.8 Å². The maximum atomic E-state index is 12.9. The minimum absolute atomic E-state index is 0.0314. The van der Waals surface area contributed by atoms with Gasteiger partial charge in [0.1, 0.15) is 5.01 Å². The lowest BCUT2D eigenvalue weighted by atomic mass is 9.99. The van der Waals surface area contributed by atoms with Crippen LogP contribution in [0.5, 0.6) is 0 Å². The average Bonchev–Trinajstić information content (AvgIpc) is 3.25. The molecule has 5 nitrogen and oxygen atoms in total. The standard InChI is InChI=1S/C16H23N3O2S/c1-2-14(20)18-9-6-12(11-18)16(21)19-8-4-3-5-13(19)15-17-7-10-22-15/h7,10,12-13H,2-6,8-9,11H2,1H3. The second kappa shape index (κ2) is 6.77. The van der Waals surface area contributed by atoms with Crippen molar-refractivity contribution in [1.29, 1.82) is 0 Å². The van der Waals surface area contributed by atoms with Gasteiger partial charge in [-0.2, -0.15) is 0 Å². The monoisotopic (exact) mass is 321 g/mol. The zero-order valence-corrected chi connectivity index (χ0v) is 13.8. The summed E-state index contributed by atoms with van der Waals surface area (Å²) in [6.45, 7) is 4.01. The number of nitrogens with zero attached hydrogens (tertiary/aromatic N) is 3. The molecule has 0 spiro atoms. The van der Waals surface area contributed by atoms with Crippen molar-refractivity contribution in [3.63, 3.8) is 0 Å². The highest BCUT2D eigenvalue weighted by Crippen LogP contribution is 2.34. The lowest BCUT2D eigenvalue weighted by Crippen LogP contribution is -2.43. The van der Waals surface area contributed by atoms with Gasteiger partial charge >= 0.3 is 0 Å². The van der Waals surface area contributed by atoms with Gasteiger partial charge in [0, 0.05) is 37.6 Å². The molecule has 22 heavy (non-hydrogen) atoms. The van der Waals surface area contributed by atoms with E-state index in [2.05, 4.69) is 4.98 Å². The number of hydrogen-bond acceptors (Lipinski definition) is 4. The Kier molecular flexibility index (Phi) is 4.76. The van der Waals surface area contributed by atoms with Crippen LogP contribution in [0.4, 0.5) is 0 Å². The highest BCUT2D eigenvalue weighted by molar-refractivity contribution is 7.09. The average molecular weight is 321 g/mol. The molecule has 2 atom stereocenters. The molecule has 2 saturated heterocycles. The van der Waals surface area contributed by atoms with Crippen molar-refractivity contribution in [3.8, 4) is 0 Å². The Morgan fingerprint density at radius 3 is 2.91 bits per heavy atom. The topological polar surface area (TPSA) is 53.5 Å². The molecule has 0 bridgehead atoms. The SMILES string of the molecule is CCC(=O)N1CCC(C(=O)N2CCCCC2c2nccs2)C1. The number of likely N-dealkylation sites (tertiary alicyclic amines) is 2. The van der Waals surface area contributed by atoms with Crippen molar-refractivity contribution in [2.45, 2.75) is 45.1 Å². The van der Waals surface area contributed by atoms with Gasteiger partial charge in [0.15, 0.2) is 0 Å². The minimum atomic E-state index is -0.0314.